The van der Waals surface area contributed by atoms with Crippen LogP contribution in [0.25, 0.3) is 0 Å². The standard InChI is InChI=1S/C29H32FN3O7S/c1-6-38-25(36)19-8-7-18(14-21(19)30)39-23-15-20-17(13-22(23)34)9-11-33(27(37)40-28(2,3)4)29(20,5)16-24(35)32-26-31-10-12-41-26/h7-8,10,12-15,34H,6,9,11,16H2,1-5H3,(H,31,32,35)/t29-/m1/s1. The molecule has 41 heavy (non-hydrogen) atoms. The number of fused-ring (bicyclic) bond motifs is 1. The second-order valence-electron chi connectivity index (χ2n) is 10.7. The van der Waals surface area contributed by atoms with Gasteiger partial charge in [-0.3, -0.25) is 9.69 Å². The Labute approximate surface area is 241 Å². The molecule has 0 aliphatic carbocycles. The molecule has 0 unspecified atom stereocenters. The van der Waals surface area contributed by atoms with Crippen LogP contribution in [-0.4, -0.2) is 51.7 Å². The van der Waals surface area contributed by atoms with Gasteiger partial charge in [-0.1, -0.05) is 0 Å². The summed E-state index contributed by atoms with van der Waals surface area (Å²) in [5, 5.41) is 15.7. The van der Waals surface area contributed by atoms with Gasteiger partial charge in [-0.15, -0.1) is 11.3 Å². The van der Waals surface area contributed by atoms with Gasteiger partial charge in [-0.25, -0.2) is 19.0 Å². The van der Waals surface area contributed by atoms with E-state index in [1.165, 1.54) is 40.5 Å². The lowest BCUT2D eigenvalue weighted by molar-refractivity contribution is -0.119. The lowest BCUT2D eigenvalue weighted by Gasteiger charge is -2.46. The molecule has 12 heteroatoms. The summed E-state index contributed by atoms with van der Waals surface area (Å²) in [7, 11) is 0. The van der Waals surface area contributed by atoms with E-state index in [9.17, 15) is 23.9 Å². The van der Waals surface area contributed by atoms with E-state index in [2.05, 4.69) is 10.3 Å². The number of benzene rings is 2. The molecule has 2 heterocycles. The summed E-state index contributed by atoms with van der Waals surface area (Å²) < 4.78 is 31.0. The predicted molar refractivity (Wildman–Crippen MR) is 150 cm³/mol. The van der Waals surface area contributed by atoms with Crippen LogP contribution in [0.2, 0.25) is 0 Å². The number of carbonyl (C=O) groups excluding carboxylic acids is 3. The number of phenolic OH excluding ortho intramolecular Hbond substituents is 1. The zero-order valence-corrected chi connectivity index (χ0v) is 24.3. The number of esters is 1. The number of aromatic nitrogens is 1. The number of carbonyl (C=O) groups is 3. The summed E-state index contributed by atoms with van der Waals surface area (Å²) in [5.41, 5.74) is -0.962. The number of anilines is 1. The fraction of sp³-hybridized carbons (Fsp3) is 0.379. The number of hydrogen-bond acceptors (Lipinski definition) is 9. The van der Waals surface area contributed by atoms with Gasteiger partial charge >= 0.3 is 12.1 Å². The van der Waals surface area contributed by atoms with Crippen molar-refractivity contribution in [3.05, 3.63) is 64.4 Å². The Kier molecular flexibility index (Phi) is 8.52. The molecule has 2 N–H and O–H groups in total. The molecule has 1 aliphatic rings. The summed E-state index contributed by atoms with van der Waals surface area (Å²) in [6, 6.07) is 6.67. The van der Waals surface area contributed by atoms with E-state index in [4.69, 9.17) is 14.2 Å². The first-order valence-electron chi connectivity index (χ1n) is 13.0. The maximum absolute atomic E-state index is 14.6. The van der Waals surface area contributed by atoms with Gasteiger partial charge in [0.15, 0.2) is 16.6 Å². The van der Waals surface area contributed by atoms with E-state index in [0.29, 0.717) is 22.7 Å². The molecule has 2 amide bonds. The van der Waals surface area contributed by atoms with Gasteiger partial charge < -0.3 is 24.6 Å². The molecule has 0 fully saturated rings. The Balaban J connectivity index is 1.71. The van der Waals surface area contributed by atoms with Crippen LogP contribution in [0.1, 0.15) is 62.5 Å². The van der Waals surface area contributed by atoms with Gasteiger partial charge in [-0.2, -0.15) is 0 Å². The Morgan fingerprint density at radius 2 is 1.98 bits per heavy atom. The number of ether oxygens (including phenoxy) is 3. The third-order valence-electron chi connectivity index (χ3n) is 6.43. The van der Waals surface area contributed by atoms with Crippen LogP contribution in [-0.2, 0) is 26.2 Å². The lowest BCUT2D eigenvalue weighted by atomic mass is 9.79. The number of amides is 2. The molecular formula is C29H32FN3O7S. The first-order chi connectivity index (χ1) is 19.3. The Bertz CT molecular complexity index is 1460. The molecule has 0 saturated heterocycles. The van der Waals surface area contributed by atoms with Crippen molar-refractivity contribution in [2.24, 2.45) is 0 Å². The van der Waals surface area contributed by atoms with Crippen LogP contribution in [0.5, 0.6) is 17.2 Å². The molecule has 0 spiro atoms. The number of nitrogens with zero attached hydrogens (tertiary/aromatic N) is 2. The van der Waals surface area contributed by atoms with Crippen molar-refractivity contribution in [1.82, 2.24) is 9.88 Å². The average Bonchev–Trinajstić information content (AvgIpc) is 3.37. The minimum atomic E-state index is -1.21. The second-order valence-corrected chi connectivity index (χ2v) is 11.6. The predicted octanol–water partition coefficient (Wildman–Crippen LogP) is 5.99. The van der Waals surface area contributed by atoms with Crippen LogP contribution in [0.4, 0.5) is 14.3 Å². The topological polar surface area (TPSA) is 127 Å². The second kappa shape index (κ2) is 11.7. The van der Waals surface area contributed by atoms with Crippen LogP contribution in [0.3, 0.4) is 0 Å². The molecule has 1 atom stereocenters. The summed E-state index contributed by atoms with van der Waals surface area (Å²) in [6.07, 6.45) is 1.21. The van der Waals surface area contributed by atoms with Gasteiger partial charge in [0.05, 0.1) is 24.1 Å². The van der Waals surface area contributed by atoms with E-state index in [1.807, 2.05) is 0 Å². The Morgan fingerprint density at radius 1 is 1.22 bits per heavy atom. The fourth-order valence-electron chi connectivity index (χ4n) is 4.65. The molecule has 0 radical (unpaired) electrons. The molecule has 1 aliphatic heterocycles. The van der Waals surface area contributed by atoms with Crippen LogP contribution in [0.15, 0.2) is 41.9 Å². The van der Waals surface area contributed by atoms with Crippen molar-refractivity contribution >= 4 is 34.4 Å². The monoisotopic (exact) mass is 585 g/mol. The maximum atomic E-state index is 14.6. The van der Waals surface area contributed by atoms with E-state index >= 15 is 0 Å². The zero-order valence-electron chi connectivity index (χ0n) is 23.4. The summed E-state index contributed by atoms with van der Waals surface area (Å²) in [5.74, 6) is -2.24. The van der Waals surface area contributed by atoms with Crippen molar-refractivity contribution in [2.75, 3.05) is 18.5 Å². The lowest BCUT2D eigenvalue weighted by Crippen LogP contribution is -2.54. The minimum Gasteiger partial charge on any atom is -0.504 e. The zero-order chi connectivity index (χ0) is 29.9. The van der Waals surface area contributed by atoms with Gasteiger partial charge in [-0.05, 0) is 76.4 Å². The van der Waals surface area contributed by atoms with Gasteiger partial charge in [0.1, 0.15) is 17.2 Å². The largest absolute Gasteiger partial charge is 0.504 e. The molecule has 2 aromatic carbocycles. The molecule has 0 bridgehead atoms. The van der Waals surface area contributed by atoms with Crippen LogP contribution in [0, 0.1) is 5.82 Å². The summed E-state index contributed by atoms with van der Waals surface area (Å²) in [4.78, 5) is 44.1. The summed E-state index contributed by atoms with van der Waals surface area (Å²) >= 11 is 1.26. The number of aromatic hydroxyl groups is 1. The molecule has 10 nitrogen and oxygen atoms in total. The van der Waals surface area contributed by atoms with Crippen molar-refractivity contribution in [3.8, 4) is 17.2 Å². The molecule has 1 aromatic heterocycles. The van der Waals surface area contributed by atoms with Crippen molar-refractivity contribution in [2.45, 2.75) is 58.6 Å². The maximum Gasteiger partial charge on any atom is 0.411 e. The third-order valence-corrected chi connectivity index (χ3v) is 7.12. The Morgan fingerprint density at radius 3 is 2.61 bits per heavy atom. The van der Waals surface area contributed by atoms with E-state index in [1.54, 1.807) is 46.2 Å². The van der Waals surface area contributed by atoms with E-state index in [-0.39, 0.29) is 48.3 Å². The number of hydrogen-bond donors (Lipinski definition) is 2. The molecule has 218 valence electrons. The van der Waals surface area contributed by atoms with E-state index < -0.39 is 29.0 Å². The fourth-order valence-corrected chi connectivity index (χ4v) is 5.19. The third kappa shape index (κ3) is 6.76. The van der Waals surface area contributed by atoms with Gasteiger partial charge in [0.2, 0.25) is 5.91 Å². The number of thiazole rings is 1. The minimum absolute atomic E-state index is 0.0221. The van der Waals surface area contributed by atoms with Crippen molar-refractivity contribution in [1.29, 1.82) is 0 Å². The highest BCUT2D eigenvalue weighted by Gasteiger charge is 2.45. The van der Waals surface area contributed by atoms with Gasteiger partial charge in [0, 0.05) is 24.2 Å². The first kappa shape index (κ1) is 29.8. The quantitative estimate of drug-likeness (QED) is 0.324. The highest BCUT2D eigenvalue weighted by molar-refractivity contribution is 7.13. The number of rotatable bonds is 7. The smallest absolute Gasteiger partial charge is 0.411 e. The van der Waals surface area contributed by atoms with Crippen LogP contribution < -0.4 is 10.1 Å². The normalized spacial score (nSPS) is 16.5. The SMILES string of the molecule is CCOC(=O)c1ccc(Oc2cc3c(cc2O)CCN(C(=O)OC(C)(C)C)[C@]3(C)CC(=O)Nc2nccs2)cc1F. The highest BCUT2D eigenvalue weighted by Crippen LogP contribution is 2.44. The van der Waals surface area contributed by atoms with Crippen molar-refractivity contribution in [3.63, 3.8) is 0 Å². The van der Waals surface area contributed by atoms with E-state index in [0.717, 1.165) is 6.07 Å². The molecular weight excluding hydrogens is 553 g/mol. The molecule has 0 saturated carbocycles. The number of nitrogens with one attached hydrogen (secondary N) is 1. The molecule has 3 aromatic rings. The number of halogens is 1. The first-order valence-corrected chi connectivity index (χ1v) is 13.9. The summed E-state index contributed by atoms with van der Waals surface area (Å²) in [6.45, 7) is 8.96. The Hall–Kier alpha value is -4.19. The molecule has 4 rings (SSSR count). The average molecular weight is 586 g/mol. The highest BCUT2D eigenvalue weighted by atomic mass is 32.1. The van der Waals surface area contributed by atoms with Crippen molar-refractivity contribution < 1.29 is 38.1 Å². The van der Waals surface area contributed by atoms with Crippen LogP contribution >= 0.6 is 11.3 Å². The van der Waals surface area contributed by atoms with Gasteiger partial charge in [0.25, 0.3) is 0 Å². The number of phenols is 1.